The summed E-state index contributed by atoms with van der Waals surface area (Å²) in [6.07, 6.45) is 4.38. The van der Waals surface area contributed by atoms with Crippen LogP contribution in [0.2, 0.25) is 0 Å². The van der Waals surface area contributed by atoms with E-state index in [9.17, 15) is 4.79 Å². The molecule has 1 aliphatic rings. The van der Waals surface area contributed by atoms with Crippen molar-refractivity contribution in [1.82, 2.24) is 4.90 Å². The Morgan fingerprint density at radius 2 is 1.80 bits per heavy atom. The summed E-state index contributed by atoms with van der Waals surface area (Å²) in [5, 5.41) is 0. The van der Waals surface area contributed by atoms with Crippen LogP contribution in [-0.2, 0) is 14.3 Å². The highest BCUT2D eigenvalue weighted by Crippen LogP contribution is 2.40. The number of nitrogens with two attached hydrogens (primary N) is 1. The molecule has 0 atom stereocenters. The first-order valence-corrected chi connectivity index (χ1v) is 7.56. The number of hydrogen-bond donors (Lipinski definition) is 1. The van der Waals surface area contributed by atoms with Crippen molar-refractivity contribution in [2.45, 2.75) is 32.1 Å². The van der Waals surface area contributed by atoms with Crippen LogP contribution < -0.4 is 5.73 Å². The molecule has 0 heterocycles. The van der Waals surface area contributed by atoms with E-state index in [0.717, 1.165) is 32.1 Å². The number of rotatable bonds is 9. The summed E-state index contributed by atoms with van der Waals surface area (Å²) >= 11 is 5.19. The predicted octanol–water partition coefficient (Wildman–Crippen LogP) is 1.34. The van der Waals surface area contributed by atoms with E-state index in [1.165, 1.54) is 0 Å². The van der Waals surface area contributed by atoms with E-state index in [-0.39, 0.29) is 5.91 Å². The maximum absolute atomic E-state index is 12.9. The zero-order chi connectivity index (χ0) is 15.0. The lowest BCUT2D eigenvalue weighted by Crippen LogP contribution is -2.50. The standard InChI is InChI=1S/C14H26N2O3S/c1-18-10-5-8-16(9-11-19-2)13(17)14(12(15)20)6-3-4-7-14/h3-11H2,1-2H3,(H2,15,20). The first kappa shape index (κ1) is 17.3. The molecular formula is C14H26N2O3S. The third kappa shape index (κ3) is 4.14. The highest BCUT2D eigenvalue weighted by Gasteiger charge is 2.45. The zero-order valence-electron chi connectivity index (χ0n) is 12.5. The zero-order valence-corrected chi connectivity index (χ0v) is 13.3. The van der Waals surface area contributed by atoms with Crippen molar-refractivity contribution < 1.29 is 14.3 Å². The maximum Gasteiger partial charge on any atom is 0.235 e. The summed E-state index contributed by atoms with van der Waals surface area (Å²) in [4.78, 5) is 15.0. The second kappa shape index (κ2) is 8.54. The molecule has 116 valence electrons. The lowest BCUT2D eigenvalue weighted by molar-refractivity contribution is -0.139. The largest absolute Gasteiger partial charge is 0.392 e. The highest BCUT2D eigenvalue weighted by molar-refractivity contribution is 7.80. The number of nitrogens with zero attached hydrogens (tertiary/aromatic N) is 1. The molecular weight excluding hydrogens is 276 g/mol. The number of ether oxygens (including phenoxy) is 2. The van der Waals surface area contributed by atoms with E-state index >= 15 is 0 Å². The normalized spacial score (nSPS) is 17.1. The lowest BCUT2D eigenvalue weighted by Gasteiger charge is -2.33. The van der Waals surface area contributed by atoms with E-state index in [0.29, 0.717) is 31.3 Å². The fourth-order valence-corrected chi connectivity index (χ4v) is 3.05. The first-order chi connectivity index (χ1) is 9.58. The summed E-state index contributed by atoms with van der Waals surface area (Å²) in [5.41, 5.74) is 5.25. The van der Waals surface area contributed by atoms with Crippen molar-refractivity contribution >= 4 is 23.1 Å². The Balaban J connectivity index is 2.75. The molecule has 1 rings (SSSR count). The van der Waals surface area contributed by atoms with Crippen molar-refractivity contribution in [1.29, 1.82) is 0 Å². The SMILES string of the molecule is COCCCN(CCOC)C(=O)C1(C(N)=S)CCCC1. The Morgan fingerprint density at radius 3 is 2.30 bits per heavy atom. The van der Waals surface area contributed by atoms with Crippen LogP contribution in [0.5, 0.6) is 0 Å². The Labute approximate surface area is 126 Å². The van der Waals surface area contributed by atoms with E-state index in [1.54, 1.807) is 14.2 Å². The fourth-order valence-electron chi connectivity index (χ4n) is 2.76. The minimum atomic E-state index is -0.629. The molecule has 0 aromatic heterocycles. The smallest absolute Gasteiger partial charge is 0.235 e. The van der Waals surface area contributed by atoms with Crippen molar-refractivity contribution in [3.63, 3.8) is 0 Å². The molecule has 1 aliphatic carbocycles. The summed E-state index contributed by atoms with van der Waals surface area (Å²) in [6, 6.07) is 0. The van der Waals surface area contributed by atoms with Crippen molar-refractivity contribution in [2.24, 2.45) is 11.1 Å². The lowest BCUT2D eigenvalue weighted by atomic mass is 9.84. The van der Waals surface area contributed by atoms with E-state index in [2.05, 4.69) is 0 Å². The number of carbonyl (C=O) groups is 1. The van der Waals surface area contributed by atoms with Crippen LogP contribution in [0.25, 0.3) is 0 Å². The molecule has 0 saturated heterocycles. The predicted molar refractivity (Wildman–Crippen MR) is 82.6 cm³/mol. The summed E-state index contributed by atoms with van der Waals surface area (Å²) < 4.78 is 10.2. The van der Waals surface area contributed by atoms with Gasteiger partial charge in [-0.2, -0.15) is 0 Å². The van der Waals surface area contributed by atoms with Crippen LogP contribution in [0.1, 0.15) is 32.1 Å². The highest BCUT2D eigenvalue weighted by atomic mass is 32.1. The number of hydrogen-bond acceptors (Lipinski definition) is 4. The topological polar surface area (TPSA) is 64.8 Å². The summed E-state index contributed by atoms with van der Waals surface area (Å²) in [6.45, 7) is 2.38. The molecule has 0 unspecified atom stereocenters. The molecule has 1 amide bonds. The van der Waals surface area contributed by atoms with Crippen LogP contribution in [0, 0.1) is 5.41 Å². The van der Waals surface area contributed by atoms with Gasteiger partial charge in [-0.25, -0.2) is 0 Å². The number of carbonyl (C=O) groups excluding carboxylic acids is 1. The fraction of sp³-hybridized carbons (Fsp3) is 0.857. The van der Waals surface area contributed by atoms with E-state index in [4.69, 9.17) is 27.4 Å². The van der Waals surface area contributed by atoms with Crippen LogP contribution in [0.4, 0.5) is 0 Å². The van der Waals surface area contributed by atoms with Gasteiger partial charge in [0.15, 0.2) is 0 Å². The molecule has 20 heavy (non-hydrogen) atoms. The molecule has 1 fully saturated rings. The molecule has 0 aromatic carbocycles. The minimum absolute atomic E-state index is 0.0654. The Bertz CT molecular complexity index is 330. The number of amides is 1. The third-order valence-electron chi connectivity index (χ3n) is 3.97. The Hall–Kier alpha value is -0.720. The Morgan fingerprint density at radius 1 is 1.20 bits per heavy atom. The molecule has 0 aromatic rings. The second-order valence-electron chi connectivity index (χ2n) is 5.28. The van der Waals surface area contributed by atoms with E-state index in [1.807, 2.05) is 4.90 Å². The summed E-state index contributed by atoms with van der Waals surface area (Å²) in [5.74, 6) is 0.0654. The van der Waals surface area contributed by atoms with Gasteiger partial charge in [0.1, 0.15) is 0 Å². The molecule has 0 bridgehead atoms. The van der Waals surface area contributed by atoms with Gasteiger partial charge in [0.2, 0.25) is 5.91 Å². The van der Waals surface area contributed by atoms with Crippen LogP contribution in [-0.4, -0.2) is 56.3 Å². The van der Waals surface area contributed by atoms with Crippen LogP contribution in [0.15, 0.2) is 0 Å². The molecule has 1 saturated carbocycles. The molecule has 0 aliphatic heterocycles. The van der Waals surface area contributed by atoms with Gasteiger partial charge in [0.05, 0.1) is 17.0 Å². The number of methoxy groups -OCH3 is 2. The van der Waals surface area contributed by atoms with Crippen LogP contribution >= 0.6 is 12.2 Å². The van der Waals surface area contributed by atoms with Crippen molar-refractivity contribution in [2.75, 3.05) is 40.5 Å². The van der Waals surface area contributed by atoms with Gasteiger partial charge in [0, 0.05) is 33.9 Å². The van der Waals surface area contributed by atoms with Gasteiger partial charge in [-0.05, 0) is 19.3 Å². The van der Waals surface area contributed by atoms with Gasteiger partial charge >= 0.3 is 0 Å². The molecule has 6 heteroatoms. The average Bonchev–Trinajstić information content (AvgIpc) is 2.92. The summed E-state index contributed by atoms with van der Waals surface area (Å²) in [7, 11) is 3.30. The van der Waals surface area contributed by atoms with Crippen LogP contribution in [0.3, 0.4) is 0 Å². The minimum Gasteiger partial charge on any atom is -0.392 e. The average molecular weight is 302 g/mol. The Kier molecular flexibility index (Phi) is 7.40. The number of thiocarbonyl (C=S) groups is 1. The third-order valence-corrected chi connectivity index (χ3v) is 4.36. The van der Waals surface area contributed by atoms with Gasteiger partial charge in [-0.3, -0.25) is 4.79 Å². The molecule has 0 spiro atoms. The second-order valence-corrected chi connectivity index (χ2v) is 5.72. The van der Waals surface area contributed by atoms with Gasteiger partial charge in [-0.1, -0.05) is 25.1 Å². The van der Waals surface area contributed by atoms with Gasteiger partial charge in [0.25, 0.3) is 0 Å². The van der Waals surface area contributed by atoms with Crippen molar-refractivity contribution in [3.05, 3.63) is 0 Å². The maximum atomic E-state index is 12.9. The molecule has 2 N–H and O–H groups in total. The molecule has 5 nitrogen and oxygen atoms in total. The first-order valence-electron chi connectivity index (χ1n) is 7.15. The monoisotopic (exact) mass is 302 g/mol. The van der Waals surface area contributed by atoms with Crippen molar-refractivity contribution in [3.8, 4) is 0 Å². The quantitative estimate of drug-likeness (QED) is 0.514. The van der Waals surface area contributed by atoms with Gasteiger partial charge in [-0.15, -0.1) is 0 Å². The van der Waals surface area contributed by atoms with E-state index < -0.39 is 5.41 Å². The van der Waals surface area contributed by atoms with Gasteiger partial charge < -0.3 is 20.1 Å². The molecule has 0 radical (unpaired) electrons.